The van der Waals surface area contributed by atoms with Crippen LogP contribution >= 0.6 is 0 Å². The van der Waals surface area contributed by atoms with Crippen molar-refractivity contribution in [3.05, 3.63) is 47.3 Å². The number of carbonyl (C=O) groups excluding carboxylic acids is 1. The predicted molar refractivity (Wildman–Crippen MR) is 121 cm³/mol. The fraction of sp³-hybridized carbons (Fsp3) is 0.364. The molecule has 0 spiro atoms. The summed E-state index contributed by atoms with van der Waals surface area (Å²) in [4.78, 5) is 17.2. The topological polar surface area (TPSA) is 113 Å². The number of fused-ring (bicyclic) bond motifs is 1. The Labute approximate surface area is 186 Å². The van der Waals surface area contributed by atoms with Gasteiger partial charge >= 0.3 is 0 Å². The highest BCUT2D eigenvalue weighted by Gasteiger charge is 2.26. The minimum absolute atomic E-state index is 0.0905. The van der Waals surface area contributed by atoms with E-state index < -0.39 is 27.9 Å². The van der Waals surface area contributed by atoms with Gasteiger partial charge in [0.1, 0.15) is 17.4 Å². The van der Waals surface area contributed by atoms with E-state index in [9.17, 15) is 22.7 Å². The summed E-state index contributed by atoms with van der Waals surface area (Å²) in [7, 11) is -0.732. The normalized spacial score (nSPS) is 12.7. The van der Waals surface area contributed by atoms with Gasteiger partial charge in [0, 0.05) is 19.7 Å². The third kappa shape index (κ3) is 4.91. The van der Waals surface area contributed by atoms with Gasteiger partial charge in [0.05, 0.1) is 23.3 Å². The van der Waals surface area contributed by atoms with Gasteiger partial charge < -0.3 is 14.8 Å². The largest absolute Gasteiger partial charge is 0.437 e. The zero-order valence-corrected chi connectivity index (χ0v) is 19.2. The first-order valence-electron chi connectivity index (χ1n) is 10.1. The number of anilines is 1. The van der Waals surface area contributed by atoms with Crippen LogP contribution in [0.4, 0.5) is 10.2 Å². The summed E-state index contributed by atoms with van der Waals surface area (Å²) in [5.41, 5.74) is 1.40. The number of sulfonamides is 1. The van der Waals surface area contributed by atoms with Crippen LogP contribution in [0.15, 0.2) is 34.7 Å². The van der Waals surface area contributed by atoms with Crippen molar-refractivity contribution < 1.29 is 27.1 Å². The molecule has 10 heteroatoms. The van der Waals surface area contributed by atoms with Gasteiger partial charge in [0.2, 0.25) is 15.7 Å². The molecule has 1 atom stereocenters. The molecule has 0 bridgehead atoms. The number of carbonyl (C=O) groups is 1. The summed E-state index contributed by atoms with van der Waals surface area (Å²) in [6, 6.07) is 7.20. The summed E-state index contributed by atoms with van der Waals surface area (Å²) in [5, 5.41) is 12.6. The molecule has 0 aliphatic heterocycles. The van der Waals surface area contributed by atoms with Crippen LogP contribution in [0.25, 0.3) is 22.4 Å². The molecule has 1 unspecified atom stereocenters. The number of nitrogens with zero attached hydrogens (tertiary/aromatic N) is 2. The number of aliphatic hydroxyl groups is 1. The molecule has 8 nitrogen and oxygen atoms in total. The molecule has 0 saturated heterocycles. The molecule has 1 amide bonds. The molecule has 0 aliphatic rings. The first-order valence-corrected chi connectivity index (χ1v) is 11.9. The average molecular weight is 464 g/mol. The van der Waals surface area contributed by atoms with Crippen LogP contribution in [0.5, 0.6) is 0 Å². The van der Waals surface area contributed by atoms with Crippen molar-refractivity contribution in [1.82, 2.24) is 10.3 Å². The minimum atomic E-state index is -3.61. The highest BCUT2D eigenvalue weighted by Crippen LogP contribution is 2.36. The molecule has 2 N–H and O–H groups in total. The summed E-state index contributed by atoms with van der Waals surface area (Å²) < 4.78 is 44.8. The highest BCUT2D eigenvalue weighted by atomic mass is 32.2. The van der Waals surface area contributed by atoms with Gasteiger partial charge in [0.15, 0.2) is 0 Å². The first kappa shape index (κ1) is 23.7. The zero-order valence-electron chi connectivity index (χ0n) is 18.3. The number of nitrogens with one attached hydrogen (secondary N) is 1. The van der Waals surface area contributed by atoms with Crippen molar-refractivity contribution >= 4 is 32.8 Å². The lowest BCUT2D eigenvalue weighted by Gasteiger charge is -2.19. The van der Waals surface area contributed by atoms with Crippen LogP contribution in [-0.2, 0) is 16.4 Å². The summed E-state index contributed by atoms with van der Waals surface area (Å²) in [6.07, 6.45) is 2.12. The number of aryl methyl sites for hydroxylation is 1. The van der Waals surface area contributed by atoms with Crippen LogP contribution in [0.2, 0.25) is 0 Å². The van der Waals surface area contributed by atoms with E-state index in [-0.39, 0.29) is 22.9 Å². The first-order chi connectivity index (χ1) is 15.0. The van der Waals surface area contributed by atoms with Crippen LogP contribution in [0.3, 0.4) is 0 Å². The van der Waals surface area contributed by atoms with Crippen molar-refractivity contribution in [2.24, 2.45) is 0 Å². The Bertz CT molecular complexity index is 1240. The molecular formula is C22H26FN3O5S. The van der Waals surface area contributed by atoms with Crippen LogP contribution in [-0.4, -0.2) is 50.9 Å². The average Bonchev–Trinajstić information content (AvgIpc) is 3.10. The van der Waals surface area contributed by atoms with Crippen molar-refractivity contribution in [3.8, 4) is 11.3 Å². The van der Waals surface area contributed by atoms with Crippen molar-refractivity contribution in [3.63, 3.8) is 0 Å². The zero-order chi connectivity index (χ0) is 23.6. The number of aliphatic hydroxyl groups excluding tert-OH is 1. The Morgan fingerprint density at radius 1 is 1.31 bits per heavy atom. The number of amides is 1. The monoisotopic (exact) mass is 463 g/mol. The molecule has 2 heterocycles. The molecule has 0 radical (unpaired) electrons. The molecule has 32 heavy (non-hydrogen) atoms. The van der Waals surface area contributed by atoms with E-state index in [1.165, 1.54) is 38.4 Å². The van der Waals surface area contributed by atoms with Gasteiger partial charge in [-0.05, 0) is 62.1 Å². The van der Waals surface area contributed by atoms with Gasteiger partial charge in [0.25, 0.3) is 5.91 Å². The minimum Gasteiger partial charge on any atom is -0.437 e. The molecule has 0 fully saturated rings. The Hall–Kier alpha value is -2.98. The third-order valence-electron chi connectivity index (χ3n) is 5.16. The second-order valence-electron chi connectivity index (χ2n) is 7.69. The maximum absolute atomic E-state index is 13.4. The van der Waals surface area contributed by atoms with Crippen LogP contribution in [0, 0.1) is 5.82 Å². The molecule has 2 aromatic heterocycles. The van der Waals surface area contributed by atoms with Gasteiger partial charge in [-0.3, -0.25) is 9.10 Å². The van der Waals surface area contributed by atoms with Crippen molar-refractivity contribution in [1.29, 1.82) is 0 Å². The number of halogens is 1. The van der Waals surface area contributed by atoms with Gasteiger partial charge in [-0.15, -0.1) is 0 Å². The second kappa shape index (κ2) is 9.25. The van der Waals surface area contributed by atoms with E-state index in [0.29, 0.717) is 35.8 Å². The summed E-state index contributed by atoms with van der Waals surface area (Å²) in [5.74, 6) is -0.444. The number of hydrogen-bond donors (Lipinski definition) is 2. The lowest BCUT2D eigenvalue weighted by Crippen LogP contribution is -2.27. The Kier molecular flexibility index (Phi) is 6.85. The van der Waals surface area contributed by atoms with E-state index in [2.05, 4.69) is 10.3 Å². The molecule has 1 aromatic carbocycles. The smallest absolute Gasteiger partial charge is 0.255 e. The molecule has 0 aliphatic carbocycles. The lowest BCUT2D eigenvalue weighted by molar-refractivity contribution is 0.0964. The summed E-state index contributed by atoms with van der Waals surface area (Å²) in [6.45, 7) is 1.68. The molecule has 0 saturated carbocycles. The number of furan rings is 1. The van der Waals surface area contributed by atoms with E-state index in [1.54, 1.807) is 13.0 Å². The number of pyridine rings is 1. The van der Waals surface area contributed by atoms with E-state index in [1.807, 2.05) is 0 Å². The fourth-order valence-corrected chi connectivity index (χ4v) is 3.88. The molecule has 172 valence electrons. The fourth-order valence-electron chi connectivity index (χ4n) is 3.41. The van der Waals surface area contributed by atoms with Gasteiger partial charge in [-0.1, -0.05) is 0 Å². The number of rotatable bonds is 8. The third-order valence-corrected chi connectivity index (χ3v) is 6.33. The number of hydrogen-bond acceptors (Lipinski definition) is 6. The van der Waals surface area contributed by atoms with Crippen LogP contribution < -0.4 is 9.62 Å². The van der Waals surface area contributed by atoms with E-state index in [0.717, 1.165) is 10.6 Å². The molecular weight excluding hydrogens is 437 g/mol. The second-order valence-corrected chi connectivity index (χ2v) is 9.70. The SMILES string of the molecule is CNC(=O)c1c(-c2ccc(F)cc2)oc2nc(N(C)S(C)(=O)=O)c(CCCC(C)O)cc12. The summed E-state index contributed by atoms with van der Waals surface area (Å²) >= 11 is 0. The van der Waals surface area contributed by atoms with E-state index in [4.69, 9.17) is 4.42 Å². The van der Waals surface area contributed by atoms with Gasteiger partial charge in [-0.2, -0.15) is 4.98 Å². The highest BCUT2D eigenvalue weighted by molar-refractivity contribution is 7.92. The van der Waals surface area contributed by atoms with E-state index >= 15 is 0 Å². The maximum atomic E-state index is 13.4. The predicted octanol–water partition coefficient (Wildman–Crippen LogP) is 3.09. The Balaban J connectivity index is 2.25. The maximum Gasteiger partial charge on any atom is 0.255 e. The lowest BCUT2D eigenvalue weighted by atomic mass is 10.0. The number of aromatic nitrogens is 1. The number of benzene rings is 1. The van der Waals surface area contributed by atoms with Crippen molar-refractivity contribution in [2.45, 2.75) is 32.3 Å². The van der Waals surface area contributed by atoms with Crippen LogP contribution in [0.1, 0.15) is 35.7 Å². The Morgan fingerprint density at radius 3 is 2.53 bits per heavy atom. The van der Waals surface area contributed by atoms with Crippen molar-refractivity contribution in [2.75, 3.05) is 24.7 Å². The Morgan fingerprint density at radius 2 is 1.97 bits per heavy atom. The standard InChI is InChI=1S/C22H26FN3O5S/c1-13(27)6-5-7-15-12-17-18(21(28)24-2)19(14-8-10-16(23)11-9-14)31-22(17)25-20(15)26(3)32(4,29)30/h8-13,27H,5-7H2,1-4H3,(H,24,28). The quantitative estimate of drug-likeness (QED) is 0.531. The molecule has 3 aromatic rings. The molecule has 3 rings (SSSR count). The van der Waals surface area contributed by atoms with Gasteiger partial charge in [-0.25, -0.2) is 12.8 Å².